The zero-order chi connectivity index (χ0) is 14.4. The SMILES string of the molecule is O=C(NCCOCc1ccc(Cl)cc1Cl)[C@H]1CCOC1. The first-order valence-electron chi connectivity index (χ1n) is 6.54. The average Bonchev–Trinajstić information content (AvgIpc) is 2.94. The zero-order valence-electron chi connectivity index (χ0n) is 11.0. The smallest absolute Gasteiger partial charge is 0.225 e. The highest BCUT2D eigenvalue weighted by Crippen LogP contribution is 2.21. The summed E-state index contributed by atoms with van der Waals surface area (Å²) in [6.45, 7) is 2.52. The van der Waals surface area contributed by atoms with Crippen LogP contribution in [0.4, 0.5) is 0 Å². The first kappa shape index (κ1) is 15.6. The first-order chi connectivity index (χ1) is 9.66. The maximum absolute atomic E-state index is 11.7. The van der Waals surface area contributed by atoms with Gasteiger partial charge in [-0.2, -0.15) is 0 Å². The Balaban J connectivity index is 1.62. The maximum Gasteiger partial charge on any atom is 0.225 e. The topological polar surface area (TPSA) is 47.6 Å². The van der Waals surface area contributed by atoms with Crippen molar-refractivity contribution in [3.63, 3.8) is 0 Å². The predicted molar refractivity (Wildman–Crippen MR) is 78.1 cm³/mol. The van der Waals surface area contributed by atoms with Gasteiger partial charge in [0, 0.05) is 23.2 Å². The van der Waals surface area contributed by atoms with Crippen LogP contribution in [0.5, 0.6) is 0 Å². The van der Waals surface area contributed by atoms with Gasteiger partial charge >= 0.3 is 0 Å². The highest BCUT2D eigenvalue weighted by Gasteiger charge is 2.22. The average molecular weight is 318 g/mol. The van der Waals surface area contributed by atoms with E-state index in [1.165, 1.54) is 0 Å². The van der Waals surface area contributed by atoms with Crippen molar-refractivity contribution in [3.05, 3.63) is 33.8 Å². The third-order valence-electron chi connectivity index (χ3n) is 3.12. The zero-order valence-corrected chi connectivity index (χ0v) is 12.5. The van der Waals surface area contributed by atoms with Crippen LogP contribution in [0, 0.1) is 5.92 Å². The van der Waals surface area contributed by atoms with Gasteiger partial charge < -0.3 is 14.8 Å². The normalized spacial score (nSPS) is 18.2. The Morgan fingerprint density at radius 3 is 3.00 bits per heavy atom. The number of rotatable bonds is 6. The summed E-state index contributed by atoms with van der Waals surface area (Å²) >= 11 is 11.8. The van der Waals surface area contributed by atoms with Gasteiger partial charge in [-0.05, 0) is 24.1 Å². The summed E-state index contributed by atoms with van der Waals surface area (Å²) in [6.07, 6.45) is 0.799. The molecule has 0 aliphatic carbocycles. The minimum atomic E-state index is -0.0132. The fourth-order valence-electron chi connectivity index (χ4n) is 1.95. The van der Waals surface area contributed by atoms with Crippen LogP contribution in [0.1, 0.15) is 12.0 Å². The van der Waals surface area contributed by atoms with Gasteiger partial charge in [-0.15, -0.1) is 0 Å². The summed E-state index contributed by atoms with van der Waals surface area (Å²) in [6, 6.07) is 5.29. The fourth-order valence-corrected chi connectivity index (χ4v) is 2.42. The molecule has 1 heterocycles. The molecule has 110 valence electrons. The van der Waals surface area contributed by atoms with Gasteiger partial charge in [0.05, 0.1) is 25.7 Å². The minimum Gasteiger partial charge on any atom is -0.381 e. The van der Waals surface area contributed by atoms with Crippen LogP contribution in [0.2, 0.25) is 10.0 Å². The van der Waals surface area contributed by atoms with Crippen LogP contribution in [-0.2, 0) is 20.9 Å². The van der Waals surface area contributed by atoms with E-state index >= 15 is 0 Å². The molecule has 0 spiro atoms. The molecule has 1 saturated heterocycles. The lowest BCUT2D eigenvalue weighted by molar-refractivity contribution is -0.125. The van der Waals surface area contributed by atoms with Crippen molar-refractivity contribution in [2.45, 2.75) is 13.0 Å². The van der Waals surface area contributed by atoms with Crippen molar-refractivity contribution in [3.8, 4) is 0 Å². The lowest BCUT2D eigenvalue weighted by atomic mass is 10.1. The summed E-state index contributed by atoms with van der Waals surface area (Å²) in [7, 11) is 0. The van der Waals surface area contributed by atoms with E-state index in [1.54, 1.807) is 12.1 Å². The second kappa shape index (κ2) is 7.84. The molecule has 1 fully saturated rings. The number of hydrogen-bond acceptors (Lipinski definition) is 3. The van der Waals surface area contributed by atoms with Gasteiger partial charge in [0.2, 0.25) is 5.91 Å². The Bertz CT molecular complexity index is 462. The molecule has 1 aromatic carbocycles. The molecular weight excluding hydrogens is 301 g/mol. The molecule has 0 bridgehead atoms. The predicted octanol–water partition coefficient (Wildman–Crippen LogP) is 2.66. The van der Waals surface area contributed by atoms with Gasteiger partial charge in [0.25, 0.3) is 0 Å². The molecule has 1 amide bonds. The Kier molecular flexibility index (Phi) is 6.10. The number of ether oxygens (including phenoxy) is 2. The standard InChI is InChI=1S/C14H17Cl2NO3/c15-12-2-1-10(13(16)7-12)8-20-6-4-17-14(18)11-3-5-19-9-11/h1-2,7,11H,3-6,8-9H2,(H,17,18)/t11-/m0/s1. The van der Waals surface area contributed by atoms with Crippen LogP contribution < -0.4 is 5.32 Å². The fraction of sp³-hybridized carbons (Fsp3) is 0.500. The molecule has 2 rings (SSSR count). The second-order valence-electron chi connectivity index (χ2n) is 4.64. The third kappa shape index (κ3) is 4.63. The summed E-state index contributed by atoms with van der Waals surface area (Å²) in [5, 5.41) is 4.03. The molecule has 0 aromatic heterocycles. The molecule has 1 aromatic rings. The molecule has 1 aliphatic heterocycles. The molecule has 0 unspecified atom stereocenters. The van der Waals surface area contributed by atoms with E-state index in [1.807, 2.05) is 6.07 Å². The number of halogens is 2. The van der Waals surface area contributed by atoms with Gasteiger partial charge in [-0.25, -0.2) is 0 Å². The number of benzene rings is 1. The monoisotopic (exact) mass is 317 g/mol. The van der Waals surface area contributed by atoms with E-state index in [-0.39, 0.29) is 11.8 Å². The maximum atomic E-state index is 11.7. The van der Waals surface area contributed by atoms with Crippen LogP contribution >= 0.6 is 23.2 Å². The van der Waals surface area contributed by atoms with Gasteiger partial charge in [0.15, 0.2) is 0 Å². The highest BCUT2D eigenvalue weighted by atomic mass is 35.5. The molecule has 1 N–H and O–H groups in total. The summed E-state index contributed by atoms with van der Waals surface area (Å²) in [5.41, 5.74) is 0.881. The number of amides is 1. The lowest BCUT2D eigenvalue weighted by Gasteiger charge is -2.10. The van der Waals surface area contributed by atoms with Crippen LogP contribution in [-0.4, -0.2) is 32.3 Å². The Morgan fingerprint density at radius 1 is 1.45 bits per heavy atom. The van der Waals surface area contributed by atoms with E-state index < -0.39 is 0 Å². The summed E-state index contributed by atoms with van der Waals surface area (Å²) < 4.78 is 10.6. The molecule has 0 radical (unpaired) electrons. The quantitative estimate of drug-likeness (QED) is 0.820. The number of carbonyl (C=O) groups is 1. The van der Waals surface area contributed by atoms with E-state index in [4.69, 9.17) is 32.7 Å². The highest BCUT2D eigenvalue weighted by molar-refractivity contribution is 6.35. The molecule has 1 atom stereocenters. The number of nitrogens with one attached hydrogen (secondary N) is 1. The molecular formula is C14H17Cl2NO3. The van der Waals surface area contributed by atoms with Crippen molar-refractivity contribution >= 4 is 29.1 Å². The number of carbonyl (C=O) groups excluding carboxylic acids is 1. The molecule has 0 saturated carbocycles. The second-order valence-corrected chi connectivity index (χ2v) is 5.48. The van der Waals surface area contributed by atoms with Gasteiger partial charge in [0.1, 0.15) is 0 Å². The summed E-state index contributed by atoms with van der Waals surface area (Å²) in [4.78, 5) is 11.7. The molecule has 20 heavy (non-hydrogen) atoms. The van der Waals surface area contributed by atoms with Crippen molar-refractivity contribution in [1.29, 1.82) is 0 Å². The molecule has 1 aliphatic rings. The largest absolute Gasteiger partial charge is 0.381 e. The Hall–Kier alpha value is -0.810. The van der Waals surface area contributed by atoms with Crippen molar-refractivity contribution in [1.82, 2.24) is 5.32 Å². The molecule has 6 heteroatoms. The summed E-state index contributed by atoms with van der Waals surface area (Å²) in [5.74, 6) is 0.0244. The van der Waals surface area contributed by atoms with Crippen molar-refractivity contribution in [2.75, 3.05) is 26.4 Å². The first-order valence-corrected chi connectivity index (χ1v) is 7.29. The number of hydrogen-bond donors (Lipinski definition) is 1. The van der Waals surface area contributed by atoms with Crippen molar-refractivity contribution < 1.29 is 14.3 Å². The van der Waals surface area contributed by atoms with Gasteiger partial charge in [-0.1, -0.05) is 29.3 Å². The van der Waals surface area contributed by atoms with E-state index in [0.29, 0.717) is 43.0 Å². The lowest BCUT2D eigenvalue weighted by Crippen LogP contribution is -2.33. The Labute approximate surface area is 128 Å². The Morgan fingerprint density at radius 2 is 2.30 bits per heavy atom. The van der Waals surface area contributed by atoms with Gasteiger partial charge in [-0.3, -0.25) is 4.79 Å². The minimum absolute atomic E-state index is 0.0132. The van der Waals surface area contributed by atoms with Crippen LogP contribution in [0.15, 0.2) is 18.2 Å². The third-order valence-corrected chi connectivity index (χ3v) is 3.71. The molecule has 4 nitrogen and oxygen atoms in total. The van der Waals surface area contributed by atoms with E-state index in [0.717, 1.165) is 12.0 Å². The van der Waals surface area contributed by atoms with Crippen LogP contribution in [0.3, 0.4) is 0 Å². The van der Waals surface area contributed by atoms with Crippen molar-refractivity contribution in [2.24, 2.45) is 5.92 Å². The van der Waals surface area contributed by atoms with E-state index in [2.05, 4.69) is 5.32 Å². The van der Waals surface area contributed by atoms with Crippen LogP contribution in [0.25, 0.3) is 0 Å². The van der Waals surface area contributed by atoms with E-state index in [9.17, 15) is 4.79 Å².